The van der Waals surface area contributed by atoms with Crippen LogP contribution in [0.15, 0.2) is 12.1 Å². The molecule has 1 N–H and O–H groups in total. The van der Waals surface area contributed by atoms with Crippen LogP contribution in [-0.4, -0.2) is 37.3 Å². The van der Waals surface area contributed by atoms with E-state index in [2.05, 4.69) is 31.3 Å². The van der Waals surface area contributed by atoms with Crippen molar-refractivity contribution in [2.75, 3.05) is 13.2 Å². The van der Waals surface area contributed by atoms with E-state index in [1.165, 1.54) is 16.7 Å². The first-order valence-corrected chi connectivity index (χ1v) is 9.33. The summed E-state index contributed by atoms with van der Waals surface area (Å²) in [6.45, 7) is 10.5. The maximum atomic E-state index is 5.98. The Kier molecular flexibility index (Phi) is 4.63. The largest absolute Gasteiger partial charge is 0.346 e. The van der Waals surface area contributed by atoms with E-state index in [-0.39, 0.29) is 18.5 Å². The monoisotopic (exact) mass is 347 g/mol. The molecule has 4 rings (SSSR count). The van der Waals surface area contributed by atoms with Crippen molar-refractivity contribution in [1.29, 1.82) is 0 Å². The highest BCUT2D eigenvalue weighted by molar-refractivity contribution is 5.38. The van der Waals surface area contributed by atoms with Gasteiger partial charge in [-0.05, 0) is 57.2 Å². The zero-order valence-electron chi connectivity index (χ0n) is 15.6. The summed E-state index contributed by atoms with van der Waals surface area (Å²) >= 11 is 0. The molecular weight excluding hydrogens is 318 g/mol. The predicted molar refractivity (Wildman–Crippen MR) is 94.2 cm³/mol. The van der Waals surface area contributed by atoms with Crippen LogP contribution in [-0.2, 0) is 25.5 Å². The summed E-state index contributed by atoms with van der Waals surface area (Å²) in [6, 6.07) is 4.92. The summed E-state index contributed by atoms with van der Waals surface area (Å²) in [5, 5.41) is 3.69. The van der Waals surface area contributed by atoms with Crippen molar-refractivity contribution in [3.8, 4) is 0 Å². The van der Waals surface area contributed by atoms with E-state index in [1.807, 2.05) is 13.8 Å². The summed E-state index contributed by atoms with van der Waals surface area (Å²) in [7, 11) is 0. The molecule has 1 aliphatic carbocycles. The average Bonchev–Trinajstić information content (AvgIpc) is 3.22. The zero-order chi connectivity index (χ0) is 17.6. The molecule has 3 fully saturated rings. The first-order valence-electron chi connectivity index (χ1n) is 9.33. The van der Waals surface area contributed by atoms with Gasteiger partial charge in [0.05, 0.1) is 25.4 Å². The summed E-state index contributed by atoms with van der Waals surface area (Å²) in [6.07, 6.45) is 2.30. The number of fused-ring (bicyclic) bond motifs is 1. The topological polar surface area (TPSA) is 49.0 Å². The molecule has 3 aliphatic rings. The number of aryl methyl sites for hydroxylation is 2. The van der Waals surface area contributed by atoms with Crippen LogP contribution in [0, 0.1) is 13.8 Å². The fraction of sp³-hybridized carbons (Fsp3) is 0.700. The Balaban J connectivity index is 1.37. The van der Waals surface area contributed by atoms with Gasteiger partial charge in [0.15, 0.2) is 12.1 Å². The minimum Gasteiger partial charge on any atom is -0.346 e. The molecule has 2 aliphatic heterocycles. The number of hydrogen-bond acceptors (Lipinski definition) is 5. The third-order valence-corrected chi connectivity index (χ3v) is 5.50. The Hall–Kier alpha value is -0.980. The van der Waals surface area contributed by atoms with Crippen molar-refractivity contribution in [2.45, 2.75) is 77.4 Å². The molecular formula is C20H29NO4. The van der Waals surface area contributed by atoms with E-state index in [0.29, 0.717) is 19.3 Å². The molecule has 2 heterocycles. The minimum atomic E-state index is -0.422. The molecule has 0 radical (unpaired) electrons. The molecule has 2 saturated heterocycles. The lowest BCUT2D eigenvalue weighted by Crippen LogP contribution is -2.30. The van der Waals surface area contributed by atoms with Crippen molar-refractivity contribution >= 4 is 0 Å². The quantitative estimate of drug-likeness (QED) is 0.907. The van der Waals surface area contributed by atoms with Gasteiger partial charge in [-0.25, -0.2) is 0 Å². The maximum absolute atomic E-state index is 5.98. The van der Waals surface area contributed by atoms with Gasteiger partial charge < -0.3 is 24.3 Å². The van der Waals surface area contributed by atoms with Crippen molar-refractivity contribution < 1.29 is 18.9 Å². The van der Waals surface area contributed by atoms with Gasteiger partial charge in [0.2, 0.25) is 0 Å². The van der Waals surface area contributed by atoms with Crippen LogP contribution < -0.4 is 5.32 Å². The summed E-state index contributed by atoms with van der Waals surface area (Å²) in [5.41, 5.74) is 4.99. The number of benzene rings is 1. The molecule has 5 heteroatoms. The van der Waals surface area contributed by atoms with Gasteiger partial charge in [0, 0.05) is 18.2 Å². The lowest BCUT2D eigenvalue weighted by molar-refractivity contribution is -0.152. The second kappa shape index (κ2) is 6.63. The second-order valence-corrected chi connectivity index (χ2v) is 7.97. The average molecular weight is 347 g/mol. The third kappa shape index (κ3) is 3.62. The smallest absolute Gasteiger partial charge is 0.184 e. The van der Waals surface area contributed by atoms with Crippen LogP contribution in [0.1, 0.15) is 55.2 Å². The highest BCUT2D eigenvalue weighted by Crippen LogP contribution is 2.38. The summed E-state index contributed by atoms with van der Waals surface area (Å²) in [5.74, 6) is -0.422. The molecule has 138 valence electrons. The van der Waals surface area contributed by atoms with Gasteiger partial charge in [-0.1, -0.05) is 12.1 Å². The molecule has 0 bridgehead atoms. The normalized spacial score (nSPS) is 31.6. The van der Waals surface area contributed by atoms with E-state index >= 15 is 0 Å². The molecule has 1 unspecified atom stereocenters. The second-order valence-electron chi connectivity index (χ2n) is 7.97. The Bertz CT molecular complexity index is 623. The first kappa shape index (κ1) is 17.4. The van der Waals surface area contributed by atoms with Crippen LogP contribution in [0.5, 0.6) is 0 Å². The Morgan fingerprint density at radius 1 is 1.00 bits per heavy atom. The predicted octanol–water partition coefficient (Wildman–Crippen LogP) is 3.12. The molecule has 0 aromatic heterocycles. The molecule has 25 heavy (non-hydrogen) atoms. The Labute approximate surface area is 150 Å². The van der Waals surface area contributed by atoms with Gasteiger partial charge >= 0.3 is 0 Å². The fourth-order valence-electron chi connectivity index (χ4n) is 4.27. The molecule has 1 aromatic rings. The lowest BCUT2D eigenvalue weighted by atomic mass is 9.99. The first-order chi connectivity index (χ1) is 11.9. The summed E-state index contributed by atoms with van der Waals surface area (Å²) < 4.78 is 23.3. The van der Waals surface area contributed by atoms with E-state index in [4.69, 9.17) is 18.9 Å². The number of rotatable bonds is 4. The van der Waals surface area contributed by atoms with Gasteiger partial charge in [-0.15, -0.1) is 0 Å². The van der Waals surface area contributed by atoms with Crippen LogP contribution in [0.25, 0.3) is 0 Å². The van der Waals surface area contributed by atoms with Crippen molar-refractivity contribution in [3.63, 3.8) is 0 Å². The van der Waals surface area contributed by atoms with E-state index in [9.17, 15) is 0 Å². The van der Waals surface area contributed by atoms with Crippen LogP contribution in [0.3, 0.4) is 0 Å². The number of hydrogen-bond donors (Lipinski definition) is 1. The maximum Gasteiger partial charge on any atom is 0.184 e. The molecule has 1 aromatic carbocycles. The van der Waals surface area contributed by atoms with Crippen molar-refractivity contribution in [2.24, 2.45) is 0 Å². The van der Waals surface area contributed by atoms with E-state index in [1.54, 1.807) is 0 Å². The highest BCUT2D eigenvalue weighted by Gasteiger charge is 2.47. The van der Waals surface area contributed by atoms with Gasteiger partial charge in [-0.3, -0.25) is 0 Å². The Morgan fingerprint density at radius 3 is 2.28 bits per heavy atom. The molecule has 5 nitrogen and oxygen atoms in total. The number of nitrogens with one attached hydrogen (secondary N) is 1. The molecule has 1 saturated carbocycles. The molecule has 0 amide bonds. The lowest BCUT2D eigenvalue weighted by Gasteiger charge is -2.22. The van der Waals surface area contributed by atoms with Crippen LogP contribution >= 0.6 is 0 Å². The fourth-order valence-corrected chi connectivity index (χ4v) is 4.27. The molecule has 3 atom stereocenters. The van der Waals surface area contributed by atoms with Crippen molar-refractivity contribution in [1.82, 2.24) is 5.32 Å². The van der Waals surface area contributed by atoms with E-state index in [0.717, 1.165) is 24.9 Å². The minimum absolute atomic E-state index is 0.201. The SMILES string of the molecule is Cc1cc(C2OCCO2)c(C)cc1CNC1C[C@@H]2OC(C)(C)O[C@@H]2C1. The van der Waals surface area contributed by atoms with Gasteiger partial charge in [-0.2, -0.15) is 0 Å². The Morgan fingerprint density at radius 2 is 1.64 bits per heavy atom. The zero-order valence-corrected chi connectivity index (χ0v) is 15.6. The third-order valence-electron chi connectivity index (χ3n) is 5.50. The number of ether oxygens (including phenoxy) is 4. The van der Waals surface area contributed by atoms with Crippen LogP contribution in [0.2, 0.25) is 0 Å². The van der Waals surface area contributed by atoms with E-state index < -0.39 is 5.79 Å². The van der Waals surface area contributed by atoms with Gasteiger partial charge in [0.25, 0.3) is 0 Å². The molecule has 0 spiro atoms. The summed E-state index contributed by atoms with van der Waals surface area (Å²) in [4.78, 5) is 0. The van der Waals surface area contributed by atoms with Gasteiger partial charge in [0.1, 0.15) is 0 Å². The van der Waals surface area contributed by atoms with Crippen LogP contribution in [0.4, 0.5) is 0 Å². The van der Waals surface area contributed by atoms with Crippen molar-refractivity contribution in [3.05, 3.63) is 34.4 Å². The standard InChI is InChI=1S/C20H29NO4/c1-12-8-16(19-22-5-6-23-19)13(2)7-14(12)11-21-15-9-17-18(10-15)25-20(3,4)24-17/h7-8,15,17-19,21H,5-6,9-11H2,1-4H3/t15?,17-,18+. The highest BCUT2D eigenvalue weighted by atomic mass is 16.8.